The summed E-state index contributed by atoms with van der Waals surface area (Å²) in [5.74, 6) is 0. The fraction of sp³-hybridized carbons (Fsp3) is 0.188. The van der Waals surface area contributed by atoms with Gasteiger partial charge in [0.15, 0.2) is 0 Å². The number of carbonyl (C=O) groups excluding carboxylic acids is 1. The van der Waals surface area contributed by atoms with Gasteiger partial charge in [-0.05, 0) is 36.8 Å². The fourth-order valence-electron chi connectivity index (χ4n) is 1.89. The van der Waals surface area contributed by atoms with E-state index in [-0.39, 0.29) is 6.03 Å². The maximum absolute atomic E-state index is 12.1. The summed E-state index contributed by atoms with van der Waals surface area (Å²) in [5, 5.41) is 2.86. The second kappa shape index (κ2) is 6.10. The van der Waals surface area contributed by atoms with Gasteiger partial charge >= 0.3 is 6.03 Å². The van der Waals surface area contributed by atoms with E-state index in [0.29, 0.717) is 12.2 Å². The average Bonchev–Trinajstić information content (AvgIpc) is 2.41. The highest BCUT2D eigenvalue weighted by Gasteiger charge is 2.09. The smallest absolute Gasteiger partial charge is 0.321 e. The van der Waals surface area contributed by atoms with Crippen LogP contribution in [0.5, 0.6) is 0 Å². The molecule has 0 spiro atoms. The Morgan fingerprint density at radius 1 is 1.20 bits per heavy atom. The average molecular weight is 269 g/mol. The van der Waals surface area contributed by atoms with Gasteiger partial charge in [0.1, 0.15) is 0 Å². The topological polar surface area (TPSA) is 58.4 Å². The summed E-state index contributed by atoms with van der Waals surface area (Å²) >= 11 is 0. The quantitative estimate of drug-likeness (QED) is 0.840. The van der Waals surface area contributed by atoms with Crippen LogP contribution in [0.15, 0.2) is 48.5 Å². The molecule has 0 heterocycles. The zero-order chi connectivity index (χ0) is 14.5. The number of nitrogens with zero attached hydrogens (tertiary/aromatic N) is 1. The molecule has 2 aromatic rings. The number of rotatable bonds is 3. The largest absolute Gasteiger partial charge is 0.399 e. The van der Waals surface area contributed by atoms with Crippen molar-refractivity contribution in [2.24, 2.45) is 0 Å². The van der Waals surface area contributed by atoms with Crippen molar-refractivity contribution in [3.8, 4) is 0 Å². The number of nitrogen functional groups attached to an aromatic ring is 1. The number of nitrogens with two attached hydrogens (primary N) is 1. The van der Waals surface area contributed by atoms with Gasteiger partial charge < -0.3 is 16.0 Å². The fourth-order valence-corrected chi connectivity index (χ4v) is 1.89. The van der Waals surface area contributed by atoms with Gasteiger partial charge in [-0.25, -0.2) is 4.79 Å². The molecular formula is C16H19N3O. The summed E-state index contributed by atoms with van der Waals surface area (Å²) in [6.07, 6.45) is 0. The van der Waals surface area contributed by atoms with Gasteiger partial charge in [-0.1, -0.05) is 29.8 Å². The number of urea groups is 1. The number of hydrogen-bond acceptors (Lipinski definition) is 2. The molecule has 104 valence electrons. The van der Waals surface area contributed by atoms with Gasteiger partial charge in [0, 0.05) is 25.0 Å². The molecule has 0 atom stereocenters. The molecule has 3 N–H and O–H groups in total. The van der Waals surface area contributed by atoms with Crippen molar-refractivity contribution < 1.29 is 4.79 Å². The first-order valence-corrected chi connectivity index (χ1v) is 6.48. The van der Waals surface area contributed by atoms with Crippen molar-refractivity contribution >= 4 is 17.4 Å². The van der Waals surface area contributed by atoms with E-state index in [1.54, 1.807) is 11.9 Å². The summed E-state index contributed by atoms with van der Waals surface area (Å²) in [5.41, 5.74) is 9.39. The lowest BCUT2D eigenvalue weighted by Crippen LogP contribution is -2.30. The van der Waals surface area contributed by atoms with E-state index in [0.717, 1.165) is 16.8 Å². The molecule has 4 nitrogen and oxygen atoms in total. The second-order valence-corrected chi connectivity index (χ2v) is 4.90. The van der Waals surface area contributed by atoms with Crippen molar-refractivity contribution in [2.75, 3.05) is 18.1 Å². The van der Waals surface area contributed by atoms with Crippen LogP contribution in [0.25, 0.3) is 0 Å². The predicted octanol–water partition coefficient (Wildman–Crippen LogP) is 3.24. The Morgan fingerprint density at radius 2 is 1.90 bits per heavy atom. The molecule has 2 amide bonds. The number of nitrogens with one attached hydrogen (secondary N) is 1. The molecule has 2 aromatic carbocycles. The Bertz CT molecular complexity index is 593. The van der Waals surface area contributed by atoms with Gasteiger partial charge in [-0.15, -0.1) is 0 Å². The zero-order valence-corrected chi connectivity index (χ0v) is 11.8. The Labute approximate surface area is 119 Å². The van der Waals surface area contributed by atoms with Crippen molar-refractivity contribution in [3.63, 3.8) is 0 Å². The maximum atomic E-state index is 12.1. The molecule has 2 rings (SSSR count). The highest BCUT2D eigenvalue weighted by atomic mass is 16.2. The lowest BCUT2D eigenvalue weighted by molar-refractivity contribution is 0.220. The SMILES string of the molecule is Cc1ccc(NC(=O)N(C)Cc2cccc(N)c2)cc1. The number of carbonyl (C=O) groups is 1. The summed E-state index contributed by atoms with van der Waals surface area (Å²) in [7, 11) is 1.76. The van der Waals surface area contributed by atoms with Crippen LogP contribution in [0.2, 0.25) is 0 Å². The molecule has 0 aliphatic rings. The Morgan fingerprint density at radius 3 is 2.55 bits per heavy atom. The van der Waals surface area contributed by atoms with E-state index in [1.807, 2.05) is 55.5 Å². The minimum Gasteiger partial charge on any atom is -0.399 e. The number of benzene rings is 2. The highest BCUT2D eigenvalue weighted by molar-refractivity contribution is 5.89. The lowest BCUT2D eigenvalue weighted by atomic mass is 10.2. The molecule has 0 unspecified atom stereocenters. The molecule has 0 radical (unpaired) electrons. The van der Waals surface area contributed by atoms with Gasteiger partial charge in [0.05, 0.1) is 0 Å². The molecule has 0 saturated carbocycles. The van der Waals surface area contributed by atoms with Crippen LogP contribution in [0.3, 0.4) is 0 Å². The molecule has 0 aromatic heterocycles. The van der Waals surface area contributed by atoms with E-state index in [4.69, 9.17) is 5.73 Å². The molecule has 0 bridgehead atoms. The van der Waals surface area contributed by atoms with Gasteiger partial charge in [-0.3, -0.25) is 0 Å². The Kier molecular flexibility index (Phi) is 4.25. The molecule has 4 heteroatoms. The number of amides is 2. The Balaban J connectivity index is 1.96. The van der Waals surface area contributed by atoms with Gasteiger partial charge in [0.2, 0.25) is 0 Å². The van der Waals surface area contributed by atoms with Gasteiger partial charge in [-0.2, -0.15) is 0 Å². The van der Waals surface area contributed by atoms with Crippen LogP contribution in [0, 0.1) is 6.92 Å². The van der Waals surface area contributed by atoms with Crippen LogP contribution in [-0.2, 0) is 6.54 Å². The van der Waals surface area contributed by atoms with Crippen molar-refractivity contribution in [3.05, 3.63) is 59.7 Å². The molecule has 0 aliphatic heterocycles. The molecular weight excluding hydrogens is 250 g/mol. The molecule has 0 aliphatic carbocycles. The van der Waals surface area contributed by atoms with Gasteiger partial charge in [0.25, 0.3) is 0 Å². The predicted molar refractivity (Wildman–Crippen MR) is 82.5 cm³/mol. The summed E-state index contributed by atoms with van der Waals surface area (Å²) in [4.78, 5) is 13.7. The Hall–Kier alpha value is -2.49. The first-order valence-electron chi connectivity index (χ1n) is 6.48. The molecule has 0 fully saturated rings. The third-order valence-electron chi connectivity index (χ3n) is 3.02. The van der Waals surface area contributed by atoms with Crippen molar-refractivity contribution in [1.82, 2.24) is 4.90 Å². The van der Waals surface area contributed by atoms with E-state index in [9.17, 15) is 4.79 Å². The van der Waals surface area contributed by atoms with E-state index in [2.05, 4.69) is 5.32 Å². The van der Waals surface area contributed by atoms with E-state index in [1.165, 1.54) is 0 Å². The van der Waals surface area contributed by atoms with Crippen LogP contribution in [0.4, 0.5) is 16.2 Å². The zero-order valence-electron chi connectivity index (χ0n) is 11.8. The maximum Gasteiger partial charge on any atom is 0.321 e. The minimum atomic E-state index is -0.142. The van der Waals surface area contributed by atoms with E-state index < -0.39 is 0 Å². The third kappa shape index (κ3) is 3.75. The standard InChI is InChI=1S/C16H19N3O/c1-12-6-8-15(9-7-12)18-16(20)19(2)11-13-4-3-5-14(17)10-13/h3-10H,11,17H2,1-2H3,(H,18,20). The summed E-state index contributed by atoms with van der Waals surface area (Å²) in [6.45, 7) is 2.53. The third-order valence-corrected chi connectivity index (χ3v) is 3.02. The number of hydrogen-bond donors (Lipinski definition) is 2. The van der Waals surface area contributed by atoms with Crippen LogP contribution < -0.4 is 11.1 Å². The minimum absolute atomic E-state index is 0.142. The lowest BCUT2D eigenvalue weighted by Gasteiger charge is -2.18. The van der Waals surface area contributed by atoms with Crippen LogP contribution in [0.1, 0.15) is 11.1 Å². The van der Waals surface area contributed by atoms with Crippen LogP contribution in [-0.4, -0.2) is 18.0 Å². The van der Waals surface area contributed by atoms with Crippen molar-refractivity contribution in [1.29, 1.82) is 0 Å². The van der Waals surface area contributed by atoms with Crippen LogP contribution >= 0.6 is 0 Å². The highest BCUT2D eigenvalue weighted by Crippen LogP contribution is 2.12. The normalized spacial score (nSPS) is 10.1. The second-order valence-electron chi connectivity index (χ2n) is 4.90. The molecule has 0 saturated heterocycles. The number of anilines is 2. The number of aryl methyl sites for hydroxylation is 1. The first-order chi connectivity index (χ1) is 9.54. The summed E-state index contributed by atoms with van der Waals surface area (Å²) in [6, 6.07) is 15.1. The summed E-state index contributed by atoms with van der Waals surface area (Å²) < 4.78 is 0. The monoisotopic (exact) mass is 269 g/mol. The first kappa shape index (κ1) is 13.9. The molecule has 20 heavy (non-hydrogen) atoms. The van der Waals surface area contributed by atoms with E-state index >= 15 is 0 Å². The van der Waals surface area contributed by atoms with Crippen molar-refractivity contribution in [2.45, 2.75) is 13.5 Å².